The Bertz CT molecular complexity index is 592. The van der Waals surface area contributed by atoms with Gasteiger partial charge in [0.05, 0.1) is 0 Å². The largest absolute Gasteiger partial charge is 0.367 e. The Kier molecular flexibility index (Phi) is 2.93. The van der Waals surface area contributed by atoms with E-state index in [0.717, 1.165) is 29.3 Å². The molecular weight excluding hydrogens is 241 g/mol. The van der Waals surface area contributed by atoms with Gasteiger partial charge in [-0.15, -0.1) is 0 Å². The second kappa shape index (κ2) is 4.61. The lowest BCUT2D eigenvalue weighted by Crippen LogP contribution is -2.07. The number of halogens is 1. The lowest BCUT2D eigenvalue weighted by molar-refractivity contribution is 0.625. The van der Waals surface area contributed by atoms with Gasteiger partial charge in [0.15, 0.2) is 0 Å². The number of aryl methyl sites for hydroxylation is 2. The highest BCUT2D eigenvalue weighted by molar-refractivity contribution is 5.42. The molecule has 0 unspecified atom stereocenters. The van der Waals surface area contributed by atoms with Gasteiger partial charge in [0.2, 0.25) is 0 Å². The molecule has 3 nitrogen and oxygen atoms in total. The molecule has 1 aromatic heterocycles. The van der Waals surface area contributed by atoms with Crippen LogP contribution in [0.2, 0.25) is 0 Å². The summed E-state index contributed by atoms with van der Waals surface area (Å²) in [6.07, 6.45) is 1.02. The molecule has 1 heterocycles. The lowest BCUT2D eigenvalue weighted by Gasteiger charge is -2.07. The molecule has 3 rings (SSSR count). The lowest BCUT2D eigenvalue weighted by atomic mass is 10.1. The van der Waals surface area contributed by atoms with Gasteiger partial charge in [-0.1, -0.05) is 12.1 Å². The zero-order valence-corrected chi connectivity index (χ0v) is 11.0. The first-order chi connectivity index (χ1) is 9.11. The molecule has 2 aromatic rings. The van der Waals surface area contributed by atoms with Crippen molar-refractivity contribution in [2.45, 2.75) is 32.2 Å². The molecule has 0 aliphatic heterocycles. The van der Waals surface area contributed by atoms with E-state index >= 15 is 0 Å². The predicted molar refractivity (Wildman–Crippen MR) is 72.7 cm³/mol. The van der Waals surface area contributed by atoms with Crippen LogP contribution >= 0.6 is 0 Å². The molecule has 0 radical (unpaired) electrons. The van der Waals surface area contributed by atoms with E-state index in [2.05, 4.69) is 15.3 Å². The third-order valence-electron chi connectivity index (χ3n) is 3.37. The number of nitrogens with one attached hydrogen (secondary N) is 1. The van der Waals surface area contributed by atoms with Crippen LogP contribution in [-0.4, -0.2) is 16.0 Å². The van der Waals surface area contributed by atoms with Gasteiger partial charge < -0.3 is 5.32 Å². The first-order valence-electron chi connectivity index (χ1n) is 6.46. The minimum atomic E-state index is -0.170. The normalized spacial score (nSPS) is 21.2. The molecule has 0 bridgehead atoms. The molecule has 1 N–H and O–H groups in total. The van der Waals surface area contributed by atoms with E-state index in [4.69, 9.17) is 0 Å². The van der Waals surface area contributed by atoms with Crippen molar-refractivity contribution in [1.82, 2.24) is 9.97 Å². The van der Waals surface area contributed by atoms with E-state index in [1.807, 2.05) is 26.0 Å². The summed E-state index contributed by atoms with van der Waals surface area (Å²) in [4.78, 5) is 8.61. The SMILES string of the molecule is Cc1cc(N[C@@H]2C[C@H]2c2cccc(F)c2)nc(C)n1. The van der Waals surface area contributed by atoms with E-state index in [1.165, 1.54) is 6.07 Å². The monoisotopic (exact) mass is 257 g/mol. The van der Waals surface area contributed by atoms with Crippen LogP contribution in [0.3, 0.4) is 0 Å². The molecule has 19 heavy (non-hydrogen) atoms. The van der Waals surface area contributed by atoms with E-state index in [-0.39, 0.29) is 5.82 Å². The second-order valence-corrected chi connectivity index (χ2v) is 5.09. The number of benzene rings is 1. The molecule has 1 aliphatic rings. The van der Waals surface area contributed by atoms with Gasteiger partial charge in [-0.25, -0.2) is 14.4 Å². The molecule has 98 valence electrons. The molecule has 4 heteroatoms. The Labute approximate surface area is 111 Å². The third kappa shape index (κ3) is 2.72. The standard InChI is InChI=1S/C15H16FN3/c1-9-6-15(18-10(2)17-9)19-14-8-13(14)11-4-3-5-12(16)7-11/h3-7,13-14H,8H2,1-2H3,(H,17,18,19)/t13-,14+/m0/s1. The van der Waals surface area contributed by atoms with Gasteiger partial charge in [-0.05, 0) is 38.0 Å². The molecule has 0 saturated heterocycles. The number of hydrogen-bond donors (Lipinski definition) is 1. The summed E-state index contributed by atoms with van der Waals surface area (Å²) < 4.78 is 13.2. The minimum Gasteiger partial charge on any atom is -0.367 e. The molecule has 1 fully saturated rings. The third-order valence-corrected chi connectivity index (χ3v) is 3.37. The van der Waals surface area contributed by atoms with Gasteiger partial charge >= 0.3 is 0 Å². The quantitative estimate of drug-likeness (QED) is 0.917. The summed E-state index contributed by atoms with van der Waals surface area (Å²) in [5, 5.41) is 3.39. The topological polar surface area (TPSA) is 37.8 Å². The van der Waals surface area contributed by atoms with Gasteiger partial charge in [-0.3, -0.25) is 0 Å². The number of nitrogens with zero attached hydrogens (tertiary/aromatic N) is 2. The summed E-state index contributed by atoms with van der Waals surface area (Å²) >= 11 is 0. The Morgan fingerprint density at radius 1 is 1.21 bits per heavy atom. The van der Waals surface area contributed by atoms with Crippen LogP contribution in [0.4, 0.5) is 10.2 Å². The number of aromatic nitrogens is 2. The minimum absolute atomic E-state index is 0.170. The molecular formula is C15H16FN3. The van der Waals surface area contributed by atoms with Crippen LogP contribution in [0.25, 0.3) is 0 Å². The van der Waals surface area contributed by atoms with Crippen LogP contribution in [0.5, 0.6) is 0 Å². The van der Waals surface area contributed by atoms with Crippen molar-refractivity contribution in [3.8, 4) is 0 Å². The smallest absolute Gasteiger partial charge is 0.130 e. The fraction of sp³-hybridized carbons (Fsp3) is 0.333. The van der Waals surface area contributed by atoms with Crippen LogP contribution in [0.1, 0.15) is 29.4 Å². The summed E-state index contributed by atoms with van der Waals surface area (Å²) in [6, 6.07) is 9.11. The Hall–Kier alpha value is -1.97. The average Bonchev–Trinajstić information content (AvgIpc) is 3.07. The zero-order valence-electron chi connectivity index (χ0n) is 11.0. The molecule has 0 amide bonds. The van der Waals surface area contributed by atoms with Gasteiger partial charge in [0.25, 0.3) is 0 Å². The van der Waals surface area contributed by atoms with Crippen LogP contribution in [0, 0.1) is 19.7 Å². The zero-order chi connectivity index (χ0) is 13.4. The Morgan fingerprint density at radius 2 is 2.05 bits per heavy atom. The predicted octanol–water partition coefficient (Wildman–Crippen LogP) is 3.20. The molecule has 2 atom stereocenters. The van der Waals surface area contributed by atoms with Gasteiger partial charge in [-0.2, -0.15) is 0 Å². The molecule has 1 saturated carbocycles. The fourth-order valence-electron chi connectivity index (χ4n) is 2.44. The Balaban J connectivity index is 1.70. The van der Waals surface area contributed by atoms with Crippen molar-refractivity contribution < 1.29 is 4.39 Å². The van der Waals surface area contributed by atoms with Crippen molar-refractivity contribution in [1.29, 1.82) is 0 Å². The highest BCUT2D eigenvalue weighted by Gasteiger charge is 2.38. The first-order valence-corrected chi connectivity index (χ1v) is 6.46. The summed E-state index contributed by atoms with van der Waals surface area (Å²) in [5.74, 6) is 1.84. The maximum Gasteiger partial charge on any atom is 0.130 e. The highest BCUT2D eigenvalue weighted by Crippen LogP contribution is 2.42. The first kappa shape index (κ1) is 12.1. The fourth-order valence-corrected chi connectivity index (χ4v) is 2.44. The Morgan fingerprint density at radius 3 is 2.79 bits per heavy atom. The van der Waals surface area contributed by atoms with Crippen molar-refractivity contribution in [3.63, 3.8) is 0 Å². The average molecular weight is 257 g/mol. The maximum absolute atomic E-state index is 13.2. The second-order valence-electron chi connectivity index (χ2n) is 5.09. The van der Waals surface area contributed by atoms with E-state index in [9.17, 15) is 4.39 Å². The van der Waals surface area contributed by atoms with E-state index in [0.29, 0.717) is 12.0 Å². The summed E-state index contributed by atoms with van der Waals surface area (Å²) in [5.41, 5.74) is 2.01. The molecule has 0 spiro atoms. The van der Waals surface area contributed by atoms with Crippen LogP contribution < -0.4 is 5.32 Å². The van der Waals surface area contributed by atoms with Crippen molar-refractivity contribution >= 4 is 5.82 Å². The van der Waals surface area contributed by atoms with Crippen molar-refractivity contribution in [2.24, 2.45) is 0 Å². The molecule has 1 aliphatic carbocycles. The van der Waals surface area contributed by atoms with Crippen LogP contribution in [0.15, 0.2) is 30.3 Å². The number of anilines is 1. The van der Waals surface area contributed by atoms with Crippen molar-refractivity contribution in [3.05, 3.63) is 53.2 Å². The van der Waals surface area contributed by atoms with Crippen molar-refractivity contribution in [2.75, 3.05) is 5.32 Å². The number of rotatable bonds is 3. The summed E-state index contributed by atoms with van der Waals surface area (Å²) in [7, 11) is 0. The summed E-state index contributed by atoms with van der Waals surface area (Å²) in [6.45, 7) is 3.84. The van der Waals surface area contributed by atoms with E-state index < -0.39 is 0 Å². The highest BCUT2D eigenvalue weighted by atomic mass is 19.1. The van der Waals surface area contributed by atoms with Gasteiger partial charge in [0, 0.05) is 23.7 Å². The number of hydrogen-bond acceptors (Lipinski definition) is 3. The van der Waals surface area contributed by atoms with Gasteiger partial charge in [0.1, 0.15) is 17.5 Å². The van der Waals surface area contributed by atoms with E-state index in [1.54, 1.807) is 12.1 Å². The maximum atomic E-state index is 13.2. The molecule has 1 aromatic carbocycles. The van der Waals surface area contributed by atoms with Crippen LogP contribution in [-0.2, 0) is 0 Å².